The van der Waals surface area contributed by atoms with Crippen LogP contribution >= 0.6 is 11.6 Å². The summed E-state index contributed by atoms with van der Waals surface area (Å²) in [6.45, 7) is 5.45. The largest absolute Gasteiger partial charge is 0.343 e. The Morgan fingerprint density at radius 2 is 2.04 bits per heavy atom. The third-order valence-electron chi connectivity index (χ3n) is 6.25. The van der Waals surface area contributed by atoms with E-state index in [1.54, 1.807) is 0 Å². The van der Waals surface area contributed by atoms with Crippen LogP contribution in [0.2, 0.25) is 5.02 Å². The van der Waals surface area contributed by atoms with Crippen LogP contribution in [-0.2, 0) is 0 Å². The summed E-state index contributed by atoms with van der Waals surface area (Å²) >= 11 is 6.13. The van der Waals surface area contributed by atoms with Crippen molar-refractivity contribution in [2.24, 2.45) is 5.92 Å². The third-order valence-corrected chi connectivity index (χ3v) is 6.56. The minimum absolute atomic E-state index is 0.123. The van der Waals surface area contributed by atoms with Crippen molar-refractivity contribution < 1.29 is 9.18 Å². The van der Waals surface area contributed by atoms with Crippen LogP contribution in [0.5, 0.6) is 0 Å². The topological polar surface area (TPSA) is 32.3 Å². The Morgan fingerprint density at radius 3 is 2.64 bits per heavy atom. The van der Waals surface area contributed by atoms with Gasteiger partial charge in [0.1, 0.15) is 5.82 Å². The Labute approximate surface area is 171 Å². The van der Waals surface area contributed by atoms with Gasteiger partial charge in [-0.2, -0.15) is 0 Å². The van der Waals surface area contributed by atoms with Gasteiger partial charge < -0.3 is 5.32 Å². The maximum atomic E-state index is 13.4. The summed E-state index contributed by atoms with van der Waals surface area (Å²) in [5.74, 6) is -0.0615. The zero-order chi connectivity index (χ0) is 20.3. The molecule has 1 amide bonds. The highest BCUT2D eigenvalue weighted by Crippen LogP contribution is 2.40. The van der Waals surface area contributed by atoms with Gasteiger partial charge in [0.25, 0.3) is 5.91 Å². The molecule has 1 fully saturated rings. The Morgan fingerprint density at radius 1 is 1.32 bits per heavy atom. The summed E-state index contributed by atoms with van der Waals surface area (Å²) in [6.07, 6.45) is 3.28. The average Bonchev–Trinajstić information content (AvgIpc) is 2.68. The SMILES string of the molecule is CCC1CCC(C)([C@H](NC(=O)c2ccc(F)cc2Cl)c2ccccc2)N(C)C1. The van der Waals surface area contributed by atoms with Crippen LogP contribution in [0, 0.1) is 11.7 Å². The number of rotatable bonds is 5. The second kappa shape index (κ2) is 8.62. The lowest BCUT2D eigenvalue weighted by molar-refractivity contribution is 0.0229. The predicted molar refractivity (Wildman–Crippen MR) is 112 cm³/mol. The molecule has 3 rings (SSSR count). The van der Waals surface area contributed by atoms with Gasteiger partial charge in [-0.3, -0.25) is 9.69 Å². The number of hydrogen-bond acceptors (Lipinski definition) is 2. The number of amides is 1. The molecule has 0 bridgehead atoms. The van der Waals surface area contributed by atoms with Crippen molar-refractivity contribution in [2.75, 3.05) is 13.6 Å². The van der Waals surface area contributed by atoms with Gasteiger partial charge >= 0.3 is 0 Å². The van der Waals surface area contributed by atoms with E-state index in [-0.39, 0.29) is 28.1 Å². The molecule has 1 aliphatic rings. The van der Waals surface area contributed by atoms with E-state index in [9.17, 15) is 9.18 Å². The fourth-order valence-electron chi connectivity index (χ4n) is 4.20. The van der Waals surface area contributed by atoms with Crippen molar-refractivity contribution >= 4 is 17.5 Å². The number of likely N-dealkylation sites (N-methyl/N-ethyl adjacent to an activating group) is 1. The van der Waals surface area contributed by atoms with Gasteiger partial charge in [-0.15, -0.1) is 0 Å². The van der Waals surface area contributed by atoms with E-state index in [1.807, 2.05) is 30.3 Å². The first-order valence-electron chi connectivity index (χ1n) is 9.87. The zero-order valence-electron chi connectivity index (χ0n) is 16.7. The summed E-state index contributed by atoms with van der Waals surface area (Å²) in [5.41, 5.74) is 1.12. The van der Waals surface area contributed by atoms with Crippen molar-refractivity contribution in [3.05, 3.63) is 70.5 Å². The third kappa shape index (κ3) is 4.23. The minimum atomic E-state index is -0.453. The van der Waals surface area contributed by atoms with Crippen molar-refractivity contribution in [3.63, 3.8) is 0 Å². The van der Waals surface area contributed by atoms with Crippen LogP contribution in [-0.4, -0.2) is 29.9 Å². The van der Waals surface area contributed by atoms with Gasteiger partial charge in [0, 0.05) is 12.1 Å². The summed E-state index contributed by atoms with van der Waals surface area (Å²) in [7, 11) is 2.13. The molecular formula is C23H28ClFN2O. The minimum Gasteiger partial charge on any atom is -0.343 e. The first-order chi connectivity index (χ1) is 13.3. The van der Waals surface area contributed by atoms with Gasteiger partial charge in [0.2, 0.25) is 0 Å². The van der Waals surface area contributed by atoms with Crippen LogP contribution in [0.3, 0.4) is 0 Å². The molecule has 0 aliphatic carbocycles. The highest BCUT2D eigenvalue weighted by atomic mass is 35.5. The van der Waals surface area contributed by atoms with Crippen LogP contribution < -0.4 is 5.32 Å². The van der Waals surface area contributed by atoms with Crippen molar-refractivity contribution in [3.8, 4) is 0 Å². The van der Waals surface area contributed by atoms with Crippen LogP contribution in [0.1, 0.15) is 55.1 Å². The molecule has 3 nitrogen and oxygen atoms in total. The van der Waals surface area contributed by atoms with Gasteiger partial charge in [-0.25, -0.2) is 4.39 Å². The highest BCUT2D eigenvalue weighted by molar-refractivity contribution is 6.33. The van der Waals surface area contributed by atoms with Gasteiger partial charge in [-0.05, 0) is 56.5 Å². The van der Waals surface area contributed by atoms with Gasteiger partial charge in [-0.1, -0.05) is 55.3 Å². The number of nitrogens with zero attached hydrogens (tertiary/aromatic N) is 1. The maximum absolute atomic E-state index is 13.4. The maximum Gasteiger partial charge on any atom is 0.253 e. The van der Waals surface area contributed by atoms with Crippen molar-refractivity contribution in [1.29, 1.82) is 0 Å². The van der Waals surface area contributed by atoms with E-state index in [0.717, 1.165) is 31.4 Å². The first-order valence-corrected chi connectivity index (χ1v) is 10.2. The van der Waals surface area contributed by atoms with Crippen LogP contribution in [0.25, 0.3) is 0 Å². The highest BCUT2D eigenvalue weighted by Gasteiger charge is 2.43. The van der Waals surface area contributed by atoms with Crippen LogP contribution in [0.15, 0.2) is 48.5 Å². The summed E-state index contributed by atoms with van der Waals surface area (Å²) in [5, 5.41) is 3.32. The number of nitrogens with one attached hydrogen (secondary N) is 1. The normalized spacial score (nSPS) is 24.0. The Hall–Kier alpha value is -1.91. The molecule has 0 spiro atoms. The summed E-state index contributed by atoms with van der Waals surface area (Å²) in [6, 6.07) is 13.7. The summed E-state index contributed by atoms with van der Waals surface area (Å²) < 4.78 is 13.4. The van der Waals surface area contributed by atoms with Crippen molar-refractivity contribution in [1.82, 2.24) is 10.2 Å². The molecule has 0 radical (unpaired) electrons. The van der Waals surface area contributed by atoms with Gasteiger partial charge in [0.15, 0.2) is 0 Å². The fourth-order valence-corrected chi connectivity index (χ4v) is 4.45. The molecule has 28 heavy (non-hydrogen) atoms. The quantitative estimate of drug-likeness (QED) is 0.720. The molecule has 0 aromatic heterocycles. The standard InChI is InChI=1S/C23H28ClFN2O/c1-4-16-12-13-23(2,27(3)15-16)21(17-8-6-5-7-9-17)26-22(28)19-11-10-18(25)14-20(19)24/h5-11,14,16,21H,4,12-13,15H2,1-3H3,(H,26,28)/t16?,21-,23?/m1/s1. The van der Waals surface area contributed by atoms with Crippen molar-refractivity contribution in [2.45, 2.75) is 44.7 Å². The smallest absolute Gasteiger partial charge is 0.253 e. The molecule has 5 heteroatoms. The Balaban J connectivity index is 1.93. The molecule has 2 aromatic rings. The van der Waals surface area contributed by atoms with E-state index in [2.05, 4.69) is 31.1 Å². The zero-order valence-corrected chi connectivity index (χ0v) is 17.5. The van der Waals surface area contributed by atoms with E-state index < -0.39 is 5.82 Å². The molecule has 0 saturated carbocycles. The second-order valence-corrected chi connectivity index (χ2v) is 8.40. The second-order valence-electron chi connectivity index (χ2n) is 7.99. The molecule has 1 aliphatic heterocycles. The van der Waals surface area contributed by atoms with Gasteiger partial charge in [0.05, 0.1) is 16.6 Å². The Bertz CT molecular complexity index is 829. The monoisotopic (exact) mass is 402 g/mol. The fraction of sp³-hybridized carbons (Fsp3) is 0.435. The number of halogens is 2. The number of piperidine rings is 1. The van der Waals surface area contributed by atoms with E-state index in [1.165, 1.54) is 18.2 Å². The summed E-state index contributed by atoms with van der Waals surface area (Å²) in [4.78, 5) is 15.4. The molecule has 1 N–H and O–H groups in total. The number of hydrogen-bond donors (Lipinski definition) is 1. The lowest BCUT2D eigenvalue weighted by Crippen LogP contribution is -2.57. The molecule has 2 unspecified atom stereocenters. The number of benzene rings is 2. The average molecular weight is 403 g/mol. The molecule has 150 valence electrons. The molecule has 3 atom stereocenters. The molecular weight excluding hydrogens is 375 g/mol. The van der Waals surface area contributed by atoms with E-state index in [0.29, 0.717) is 5.92 Å². The number of carbonyl (C=O) groups is 1. The Kier molecular flexibility index (Phi) is 6.41. The lowest BCUT2D eigenvalue weighted by Gasteiger charge is -2.50. The van der Waals surface area contributed by atoms with Crippen LogP contribution in [0.4, 0.5) is 4.39 Å². The first kappa shape index (κ1) is 20.8. The molecule has 1 saturated heterocycles. The van der Waals surface area contributed by atoms with E-state index >= 15 is 0 Å². The molecule has 1 heterocycles. The lowest BCUT2D eigenvalue weighted by atomic mass is 9.75. The number of likely N-dealkylation sites (tertiary alicyclic amines) is 1. The molecule has 2 aromatic carbocycles. The van der Waals surface area contributed by atoms with E-state index in [4.69, 9.17) is 11.6 Å². The predicted octanol–water partition coefficient (Wildman–Crippen LogP) is 5.46. The number of carbonyl (C=O) groups excluding carboxylic acids is 1.